The van der Waals surface area contributed by atoms with Gasteiger partial charge in [-0.2, -0.15) is 0 Å². The van der Waals surface area contributed by atoms with E-state index in [1.165, 1.54) is 36.3 Å². The summed E-state index contributed by atoms with van der Waals surface area (Å²) in [5.41, 5.74) is 2.43. The van der Waals surface area contributed by atoms with Crippen molar-refractivity contribution >= 4 is 23.7 Å². The zero-order valence-electron chi connectivity index (χ0n) is 16.3. The van der Waals surface area contributed by atoms with Crippen molar-refractivity contribution in [3.8, 4) is 12.3 Å². The number of nitrogens with one attached hydrogen (secondary N) is 1. The van der Waals surface area contributed by atoms with E-state index in [9.17, 15) is 0 Å². The molecule has 2 aromatic heterocycles. The molecule has 2 aliphatic rings. The predicted octanol–water partition coefficient (Wildman–Crippen LogP) is 5.09. The SMILES string of the molecule is C#Cc1csc(CNCCC2(c3ccccn3)CCOC3(CCCC3)C2)c1.Cl. The lowest BCUT2D eigenvalue weighted by Gasteiger charge is -2.46. The molecule has 1 N–H and O–H groups in total. The maximum absolute atomic E-state index is 6.33. The Morgan fingerprint density at radius 3 is 2.82 bits per heavy atom. The fraction of sp³-hybridized carbons (Fsp3) is 0.522. The molecule has 1 spiro atoms. The van der Waals surface area contributed by atoms with Crippen LogP contribution >= 0.6 is 23.7 Å². The van der Waals surface area contributed by atoms with Crippen LogP contribution in [0, 0.1) is 12.3 Å². The van der Waals surface area contributed by atoms with Gasteiger partial charge in [-0.3, -0.25) is 4.98 Å². The van der Waals surface area contributed by atoms with Crippen molar-refractivity contribution in [2.75, 3.05) is 13.2 Å². The number of hydrogen-bond acceptors (Lipinski definition) is 4. The fourth-order valence-corrected chi connectivity index (χ4v) is 5.68. The van der Waals surface area contributed by atoms with Crippen LogP contribution in [0.15, 0.2) is 35.8 Å². The Hall–Kier alpha value is -1.38. The number of hydrogen-bond donors (Lipinski definition) is 1. The van der Waals surface area contributed by atoms with Crippen molar-refractivity contribution in [2.45, 2.75) is 62.5 Å². The molecule has 1 aliphatic heterocycles. The summed E-state index contributed by atoms with van der Waals surface area (Å²) in [6.45, 7) is 2.72. The second kappa shape index (κ2) is 9.41. The van der Waals surface area contributed by atoms with Gasteiger partial charge < -0.3 is 10.1 Å². The lowest BCUT2D eigenvalue weighted by atomic mass is 9.68. The van der Waals surface area contributed by atoms with Gasteiger partial charge in [-0.1, -0.05) is 24.8 Å². The Bertz CT molecular complexity index is 794. The molecule has 1 atom stereocenters. The number of halogens is 1. The summed E-state index contributed by atoms with van der Waals surface area (Å²) in [6, 6.07) is 8.46. The highest BCUT2D eigenvalue weighted by Crippen LogP contribution is 2.49. The summed E-state index contributed by atoms with van der Waals surface area (Å²) in [5.74, 6) is 2.71. The van der Waals surface area contributed by atoms with Gasteiger partial charge in [0.1, 0.15) is 0 Å². The third-order valence-corrected chi connectivity index (χ3v) is 7.21. The molecule has 0 radical (unpaired) electrons. The Kier molecular flexibility index (Phi) is 7.17. The van der Waals surface area contributed by atoms with Gasteiger partial charge in [-0.05, 0) is 56.8 Å². The van der Waals surface area contributed by atoms with Crippen LogP contribution in [0.1, 0.15) is 61.1 Å². The predicted molar refractivity (Wildman–Crippen MR) is 118 cm³/mol. The molecule has 3 heterocycles. The number of thiophene rings is 1. The van der Waals surface area contributed by atoms with Crippen molar-refractivity contribution in [1.29, 1.82) is 0 Å². The molecule has 4 rings (SSSR count). The van der Waals surface area contributed by atoms with Crippen LogP contribution < -0.4 is 5.32 Å². The molecule has 1 saturated carbocycles. The minimum atomic E-state index is 0. The molecule has 0 amide bonds. The van der Waals surface area contributed by atoms with Crippen molar-refractivity contribution in [1.82, 2.24) is 10.3 Å². The monoisotopic (exact) mass is 416 g/mol. The molecule has 0 aromatic carbocycles. The highest BCUT2D eigenvalue weighted by molar-refractivity contribution is 7.10. The highest BCUT2D eigenvalue weighted by atomic mass is 35.5. The van der Waals surface area contributed by atoms with Crippen molar-refractivity contribution in [2.24, 2.45) is 0 Å². The van der Waals surface area contributed by atoms with E-state index in [1.54, 1.807) is 11.3 Å². The van der Waals surface area contributed by atoms with Crippen LogP contribution in [0.2, 0.25) is 0 Å². The average Bonchev–Trinajstić information content (AvgIpc) is 3.36. The first-order valence-corrected chi connectivity index (χ1v) is 10.9. The van der Waals surface area contributed by atoms with E-state index in [4.69, 9.17) is 16.1 Å². The molecule has 1 aliphatic carbocycles. The van der Waals surface area contributed by atoms with E-state index >= 15 is 0 Å². The topological polar surface area (TPSA) is 34.2 Å². The third-order valence-electron chi connectivity index (χ3n) is 6.27. The zero-order chi connectivity index (χ0) is 18.6. The molecule has 5 heteroatoms. The molecule has 3 nitrogen and oxygen atoms in total. The van der Waals surface area contributed by atoms with E-state index in [-0.39, 0.29) is 23.4 Å². The fourth-order valence-electron chi connectivity index (χ4n) is 4.88. The van der Waals surface area contributed by atoms with Crippen LogP contribution in [0.3, 0.4) is 0 Å². The Balaban J connectivity index is 0.00000225. The number of aromatic nitrogens is 1. The van der Waals surface area contributed by atoms with Crippen LogP contribution in [0.4, 0.5) is 0 Å². The summed E-state index contributed by atoms with van der Waals surface area (Å²) in [6.07, 6.45) is 15.7. The molecule has 150 valence electrons. The summed E-state index contributed by atoms with van der Waals surface area (Å²) in [4.78, 5) is 6.08. The van der Waals surface area contributed by atoms with E-state index in [0.29, 0.717) is 0 Å². The molecular weight excluding hydrogens is 388 g/mol. The minimum absolute atomic E-state index is 0. The summed E-state index contributed by atoms with van der Waals surface area (Å²) in [7, 11) is 0. The Morgan fingerprint density at radius 2 is 2.11 bits per heavy atom. The van der Waals surface area contributed by atoms with Gasteiger partial charge >= 0.3 is 0 Å². The normalized spacial score (nSPS) is 23.2. The molecule has 28 heavy (non-hydrogen) atoms. The molecular formula is C23H29ClN2OS. The van der Waals surface area contributed by atoms with Crippen LogP contribution in [0.25, 0.3) is 0 Å². The van der Waals surface area contributed by atoms with Crippen molar-refractivity contribution < 1.29 is 4.74 Å². The highest BCUT2D eigenvalue weighted by Gasteiger charge is 2.48. The van der Waals surface area contributed by atoms with E-state index in [0.717, 1.165) is 44.5 Å². The molecule has 1 saturated heterocycles. The number of rotatable bonds is 6. The number of pyridine rings is 1. The van der Waals surface area contributed by atoms with Crippen LogP contribution in [-0.2, 0) is 16.7 Å². The van der Waals surface area contributed by atoms with Gasteiger partial charge in [-0.25, -0.2) is 0 Å². The van der Waals surface area contributed by atoms with Gasteiger partial charge in [0.05, 0.1) is 5.60 Å². The number of ether oxygens (including phenoxy) is 1. The summed E-state index contributed by atoms with van der Waals surface area (Å²) < 4.78 is 6.33. The van der Waals surface area contributed by atoms with Gasteiger partial charge in [0.25, 0.3) is 0 Å². The van der Waals surface area contributed by atoms with Gasteiger partial charge in [0, 0.05) is 46.3 Å². The van der Waals surface area contributed by atoms with Gasteiger partial charge in [0.15, 0.2) is 0 Å². The lowest BCUT2D eigenvalue weighted by molar-refractivity contribution is -0.104. The average molecular weight is 417 g/mol. The van der Waals surface area contributed by atoms with Crippen LogP contribution in [0.5, 0.6) is 0 Å². The first kappa shape index (κ1) is 21.3. The van der Waals surface area contributed by atoms with E-state index in [1.807, 2.05) is 12.3 Å². The number of nitrogens with zero attached hydrogens (tertiary/aromatic N) is 1. The smallest absolute Gasteiger partial charge is 0.0691 e. The minimum Gasteiger partial charge on any atom is -0.375 e. The standard InChI is InChI=1S/C23H28N2OS.ClH/c1-2-19-15-20(27-17-19)16-24-13-10-22(21-7-3-6-12-25-21)11-14-26-23(18-22)8-4-5-9-23;/h1,3,6-7,12,15,17,24H,4-5,8-11,13-14,16,18H2;1H. The van der Waals surface area contributed by atoms with Crippen molar-refractivity contribution in [3.05, 3.63) is 52.0 Å². The van der Waals surface area contributed by atoms with E-state index < -0.39 is 0 Å². The van der Waals surface area contributed by atoms with Crippen molar-refractivity contribution in [3.63, 3.8) is 0 Å². The Morgan fingerprint density at radius 1 is 1.25 bits per heavy atom. The van der Waals surface area contributed by atoms with Gasteiger partial charge in [-0.15, -0.1) is 30.2 Å². The van der Waals surface area contributed by atoms with Gasteiger partial charge in [0.2, 0.25) is 0 Å². The maximum Gasteiger partial charge on any atom is 0.0691 e. The quantitative estimate of drug-likeness (QED) is 0.526. The second-order valence-electron chi connectivity index (χ2n) is 8.03. The second-order valence-corrected chi connectivity index (χ2v) is 9.03. The zero-order valence-corrected chi connectivity index (χ0v) is 17.9. The lowest BCUT2D eigenvalue weighted by Crippen LogP contribution is -2.47. The summed E-state index contributed by atoms with van der Waals surface area (Å²) >= 11 is 1.73. The first-order valence-electron chi connectivity index (χ1n) is 10.0. The molecule has 2 aromatic rings. The van der Waals surface area contributed by atoms with Crippen LogP contribution in [-0.4, -0.2) is 23.7 Å². The number of terminal acetylenes is 1. The third kappa shape index (κ3) is 4.60. The maximum atomic E-state index is 6.33. The Labute approximate surface area is 178 Å². The molecule has 2 fully saturated rings. The van der Waals surface area contributed by atoms with E-state index in [2.05, 4.69) is 34.8 Å². The first-order chi connectivity index (χ1) is 13.2. The molecule has 1 unspecified atom stereocenters. The largest absolute Gasteiger partial charge is 0.375 e. The summed E-state index contributed by atoms with van der Waals surface area (Å²) in [5, 5.41) is 5.68. The molecule has 0 bridgehead atoms.